The number of rotatable bonds is 13. The number of ether oxygens (including phenoxy) is 1. The van der Waals surface area contributed by atoms with Crippen LogP contribution in [0.5, 0.6) is 0 Å². The van der Waals surface area contributed by atoms with E-state index in [0.29, 0.717) is 25.1 Å². The van der Waals surface area contributed by atoms with Gasteiger partial charge in [0.2, 0.25) is 11.8 Å². The molecule has 0 aliphatic carbocycles. The Labute approximate surface area is 207 Å². The topological polar surface area (TPSA) is 117 Å². The summed E-state index contributed by atoms with van der Waals surface area (Å²) in [5, 5.41) is 14.7. The quantitative estimate of drug-likeness (QED) is 0.143. The second kappa shape index (κ2) is 14.2. The minimum absolute atomic E-state index is 0.0703. The van der Waals surface area contributed by atoms with E-state index < -0.39 is 17.6 Å². The van der Waals surface area contributed by atoms with Gasteiger partial charge in [-0.15, -0.1) is 0 Å². The zero-order valence-electron chi connectivity index (χ0n) is 20.8. The van der Waals surface area contributed by atoms with Gasteiger partial charge in [0, 0.05) is 25.1 Å². The molecule has 1 unspecified atom stereocenters. The number of nitrogens with one attached hydrogen (secondary N) is 3. The zero-order chi connectivity index (χ0) is 25.7. The van der Waals surface area contributed by atoms with Crippen LogP contribution in [0.15, 0.2) is 54.6 Å². The highest BCUT2D eigenvalue weighted by molar-refractivity contribution is 5.90. The van der Waals surface area contributed by atoms with E-state index in [4.69, 9.17) is 9.94 Å². The number of unbranched alkanes of at least 4 members (excludes halogenated alkanes) is 3. The second-order valence-electron chi connectivity index (χ2n) is 9.46. The van der Waals surface area contributed by atoms with E-state index in [-0.39, 0.29) is 18.3 Å². The Bertz CT molecular complexity index is 957. The molecule has 2 amide bonds. The minimum Gasteiger partial charge on any atom is -0.459 e. The molecule has 0 aromatic heterocycles. The summed E-state index contributed by atoms with van der Waals surface area (Å²) in [6.45, 7) is 5.95. The fraction of sp³-hybridized carbons (Fsp3) is 0.444. The fourth-order valence-electron chi connectivity index (χ4n) is 3.53. The summed E-state index contributed by atoms with van der Waals surface area (Å²) >= 11 is 0. The van der Waals surface area contributed by atoms with Crippen LogP contribution in [0.2, 0.25) is 0 Å². The minimum atomic E-state index is -0.614. The van der Waals surface area contributed by atoms with Crippen molar-refractivity contribution in [3.63, 3.8) is 0 Å². The molecule has 0 spiro atoms. The van der Waals surface area contributed by atoms with Crippen molar-refractivity contribution in [1.29, 1.82) is 0 Å². The van der Waals surface area contributed by atoms with Gasteiger partial charge in [0.25, 0.3) is 0 Å². The Morgan fingerprint density at radius 3 is 2.17 bits per heavy atom. The molecule has 4 N–H and O–H groups in total. The number of carbonyl (C=O) groups excluding carboxylic acids is 3. The molecular weight excluding hydrogens is 446 g/mol. The smallest absolute Gasteiger partial charge is 0.328 e. The molecule has 0 radical (unpaired) electrons. The molecule has 0 heterocycles. The average molecular weight is 484 g/mol. The van der Waals surface area contributed by atoms with Gasteiger partial charge in [0.1, 0.15) is 11.6 Å². The first-order valence-electron chi connectivity index (χ1n) is 12.0. The Morgan fingerprint density at radius 2 is 1.54 bits per heavy atom. The highest BCUT2D eigenvalue weighted by Gasteiger charge is 2.26. The largest absolute Gasteiger partial charge is 0.459 e. The number of carbonyl (C=O) groups is 3. The van der Waals surface area contributed by atoms with Gasteiger partial charge in [-0.1, -0.05) is 55.3 Å². The number of anilines is 1. The molecule has 1 atom stereocenters. The third-order valence-corrected chi connectivity index (χ3v) is 5.18. The van der Waals surface area contributed by atoms with E-state index in [2.05, 4.69) is 10.6 Å². The van der Waals surface area contributed by atoms with Crippen molar-refractivity contribution >= 4 is 23.5 Å². The van der Waals surface area contributed by atoms with Crippen molar-refractivity contribution in [2.45, 2.75) is 77.5 Å². The summed E-state index contributed by atoms with van der Waals surface area (Å²) in [5.41, 5.74) is 3.46. The summed E-state index contributed by atoms with van der Waals surface area (Å²) in [6.07, 6.45) is 3.73. The van der Waals surface area contributed by atoms with Crippen LogP contribution in [0.3, 0.4) is 0 Å². The van der Waals surface area contributed by atoms with Gasteiger partial charge in [-0.3, -0.25) is 20.1 Å². The van der Waals surface area contributed by atoms with Crippen molar-refractivity contribution in [2.24, 2.45) is 0 Å². The van der Waals surface area contributed by atoms with E-state index in [1.807, 2.05) is 75.4 Å². The summed E-state index contributed by atoms with van der Waals surface area (Å²) < 4.78 is 5.61. The Hall–Kier alpha value is -3.23. The van der Waals surface area contributed by atoms with Crippen molar-refractivity contribution < 1.29 is 24.3 Å². The maximum Gasteiger partial charge on any atom is 0.328 e. The molecule has 2 aromatic carbocycles. The van der Waals surface area contributed by atoms with E-state index in [1.54, 1.807) is 5.48 Å². The predicted octanol–water partition coefficient (Wildman–Crippen LogP) is 4.64. The molecule has 35 heavy (non-hydrogen) atoms. The Morgan fingerprint density at radius 1 is 0.886 bits per heavy atom. The lowest BCUT2D eigenvalue weighted by Gasteiger charge is -2.25. The normalized spacial score (nSPS) is 12.0. The molecule has 8 heteroatoms. The first kappa shape index (κ1) is 28.0. The summed E-state index contributed by atoms with van der Waals surface area (Å²) in [7, 11) is 0. The summed E-state index contributed by atoms with van der Waals surface area (Å²) in [5.74, 6) is -0.803. The van der Waals surface area contributed by atoms with Crippen molar-refractivity contribution in [2.75, 3.05) is 5.32 Å². The van der Waals surface area contributed by atoms with Gasteiger partial charge in [0.15, 0.2) is 0 Å². The molecule has 2 rings (SSSR count). The van der Waals surface area contributed by atoms with Crippen molar-refractivity contribution in [1.82, 2.24) is 10.8 Å². The summed E-state index contributed by atoms with van der Waals surface area (Å²) in [6, 6.07) is 16.3. The number of esters is 1. The van der Waals surface area contributed by atoms with Crippen LogP contribution in [0, 0.1) is 0 Å². The molecule has 0 aliphatic rings. The van der Waals surface area contributed by atoms with Crippen LogP contribution in [0.1, 0.15) is 76.5 Å². The third kappa shape index (κ3) is 11.2. The molecule has 190 valence electrons. The molecule has 0 saturated carbocycles. The number of hydrogen-bond acceptors (Lipinski definition) is 6. The predicted molar refractivity (Wildman–Crippen MR) is 135 cm³/mol. The van der Waals surface area contributed by atoms with Gasteiger partial charge in [-0.25, -0.2) is 10.3 Å². The van der Waals surface area contributed by atoms with E-state index in [0.717, 1.165) is 30.4 Å². The van der Waals surface area contributed by atoms with E-state index >= 15 is 0 Å². The van der Waals surface area contributed by atoms with Crippen molar-refractivity contribution in [3.8, 4) is 0 Å². The first-order chi connectivity index (χ1) is 16.7. The molecule has 0 fully saturated rings. The van der Waals surface area contributed by atoms with Crippen LogP contribution in [0.4, 0.5) is 5.69 Å². The van der Waals surface area contributed by atoms with Gasteiger partial charge in [-0.05, 0) is 56.9 Å². The molecule has 2 aromatic rings. The first-order valence-corrected chi connectivity index (χ1v) is 12.0. The SMILES string of the molecule is CC(C)(C)OC(=O)C(NCc1cccc(NC(=O)CCCCCCC(=O)NO)c1)c1ccccc1. The third-order valence-electron chi connectivity index (χ3n) is 5.18. The Kier molecular flexibility index (Phi) is 11.4. The maximum absolute atomic E-state index is 12.8. The van der Waals surface area contributed by atoms with Crippen molar-refractivity contribution in [3.05, 3.63) is 65.7 Å². The number of amides is 2. The highest BCUT2D eigenvalue weighted by atomic mass is 16.6. The van der Waals surface area contributed by atoms with Gasteiger partial charge >= 0.3 is 5.97 Å². The van der Waals surface area contributed by atoms with E-state index in [9.17, 15) is 14.4 Å². The molecule has 8 nitrogen and oxygen atoms in total. The van der Waals surface area contributed by atoms with Gasteiger partial charge in [-0.2, -0.15) is 0 Å². The molecule has 0 saturated heterocycles. The van der Waals surface area contributed by atoms with E-state index in [1.165, 1.54) is 0 Å². The summed E-state index contributed by atoms with van der Waals surface area (Å²) in [4.78, 5) is 36.1. The fourth-order valence-corrected chi connectivity index (χ4v) is 3.53. The maximum atomic E-state index is 12.8. The number of hydrogen-bond donors (Lipinski definition) is 4. The highest BCUT2D eigenvalue weighted by Crippen LogP contribution is 2.20. The lowest BCUT2D eigenvalue weighted by Crippen LogP contribution is -2.34. The van der Waals surface area contributed by atoms with Crippen LogP contribution in [0.25, 0.3) is 0 Å². The zero-order valence-corrected chi connectivity index (χ0v) is 20.8. The second-order valence-corrected chi connectivity index (χ2v) is 9.46. The van der Waals surface area contributed by atoms with Gasteiger partial charge in [0.05, 0.1) is 0 Å². The molecule has 0 aliphatic heterocycles. The standard InChI is InChI=1S/C27H37N3O5/c1-27(2,3)35-26(33)25(21-13-7-6-8-14-21)28-19-20-12-11-15-22(18-20)29-23(31)16-9-4-5-10-17-24(32)30-34/h6-8,11-15,18,25,28,34H,4-5,9-10,16-17,19H2,1-3H3,(H,29,31)(H,30,32). The lowest BCUT2D eigenvalue weighted by molar-refractivity contribution is -0.157. The average Bonchev–Trinajstić information content (AvgIpc) is 2.81. The Balaban J connectivity index is 1.87. The number of benzene rings is 2. The van der Waals surface area contributed by atoms with Crippen LogP contribution >= 0.6 is 0 Å². The van der Waals surface area contributed by atoms with Crippen LogP contribution in [-0.4, -0.2) is 28.6 Å². The number of hydroxylamine groups is 1. The van der Waals surface area contributed by atoms with Crippen LogP contribution < -0.4 is 16.1 Å². The molecule has 0 bridgehead atoms. The monoisotopic (exact) mass is 483 g/mol. The lowest BCUT2D eigenvalue weighted by atomic mass is 10.1. The van der Waals surface area contributed by atoms with Crippen LogP contribution in [-0.2, 0) is 25.7 Å². The van der Waals surface area contributed by atoms with Gasteiger partial charge < -0.3 is 10.1 Å². The molecular formula is C27H37N3O5.